The number of hydrogen-bond acceptors (Lipinski definition) is 3. The number of amides is 1. The molecule has 6 heteroatoms. The van der Waals surface area contributed by atoms with Gasteiger partial charge in [0.1, 0.15) is 5.69 Å². The third-order valence-electron chi connectivity index (χ3n) is 1.55. The highest BCUT2D eigenvalue weighted by Crippen LogP contribution is 1.99. The monoisotopic (exact) mass is 195 g/mol. The average molecular weight is 195 g/mol. The minimum atomic E-state index is -1.10. The Morgan fingerprint density at radius 1 is 1.64 bits per heavy atom. The van der Waals surface area contributed by atoms with Gasteiger partial charge in [-0.1, -0.05) is 6.58 Å². The van der Waals surface area contributed by atoms with Crippen molar-refractivity contribution in [1.29, 1.82) is 0 Å². The summed E-state index contributed by atoms with van der Waals surface area (Å²) < 4.78 is 1.29. The van der Waals surface area contributed by atoms with E-state index >= 15 is 0 Å². The van der Waals surface area contributed by atoms with E-state index in [-0.39, 0.29) is 17.8 Å². The standard InChI is InChI=1S/C8H9N3O3/c1-5(8(13)14)4-11-3-2-6(10-11)7(9)12/h2-3H,1,4H2,(H2,9,12)(H,13,14). The molecule has 0 spiro atoms. The molecular weight excluding hydrogens is 186 g/mol. The van der Waals surface area contributed by atoms with Gasteiger partial charge < -0.3 is 10.8 Å². The molecule has 0 aliphatic carbocycles. The van der Waals surface area contributed by atoms with Gasteiger partial charge in [-0.15, -0.1) is 0 Å². The molecule has 14 heavy (non-hydrogen) atoms. The second-order valence-electron chi connectivity index (χ2n) is 2.67. The fourth-order valence-corrected chi connectivity index (χ4v) is 0.844. The molecule has 0 radical (unpaired) electrons. The van der Waals surface area contributed by atoms with Crippen molar-refractivity contribution in [3.8, 4) is 0 Å². The van der Waals surface area contributed by atoms with Gasteiger partial charge in [0.2, 0.25) is 0 Å². The molecule has 3 N–H and O–H groups in total. The molecule has 0 saturated carbocycles. The molecule has 0 fully saturated rings. The zero-order valence-corrected chi connectivity index (χ0v) is 7.30. The van der Waals surface area contributed by atoms with Crippen LogP contribution in [-0.4, -0.2) is 26.8 Å². The second kappa shape index (κ2) is 3.73. The lowest BCUT2D eigenvalue weighted by molar-refractivity contribution is -0.132. The van der Waals surface area contributed by atoms with Gasteiger partial charge in [-0.25, -0.2) is 4.79 Å². The molecular formula is C8H9N3O3. The summed E-state index contributed by atoms with van der Waals surface area (Å²) in [5.41, 5.74) is 5.05. The van der Waals surface area contributed by atoms with Crippen LogP contribution in [0.4, 0.5) is 0 Å². The van der Waals surface area contributed by atoms with Gasteiger partial charge in [0.05, 0.1) is 12.1 Å². The van der Waals surface area contributed by atoms with Crippen molar-refractivity contribution in [3.05, 3.63) is 30.1 Å². The van der Waals surface area contributed by atoms with E-state index in [0.29, 0.717) is 0 Å². The summed E-state index contributed by atoms with van der Waals surface area (Å²) in [4.78, 5) is 21.1. The molecule has 74 valence electrons. The highest BCUT2D eigenvalue weighted by atomic mass is 16.4. The molecule has 1 heterocycles. The maximum absolute atomic E-state index is 10.6. The van der Waals surface area contributed by atoms with Gasteiger partial charge in [-0.2, -0.15) is 5.10 Å². The van der Waals surface area contributed by atoms with Crippen LogP contribution in [0, 0.1) is 0 Å². The SMILES string of the molecule is C=C(Cn1ccc(C(N)=O)n1)C(=O)O. The zero-order valence-electron chi connectivity index (χ0n) is 7.30. The van der Waals surface area contributed by atoms with E-state index in [4.69, 9.17) is 10.8 Å². The van der Waals surface area contributed by atoms with Crippen molar-refractivity contribution in [2.75, 3.05) is 0 Å². The molecule has 1 amide bonds. The highest BCUT2D eigenvalue weighted by molar-refractivity contribution is 5.90. The van der Waals surface area contributed by atoms with Crippen molar-refractivity contribution < 1.29 is 14.7 Å². The Kier molecular flexibility index (Phi) is 2.66. The third-order valence-corrected chi connectivity index (χ3v) is 1.55. The Hall–Kier alpha value is -2.11. The minimum Gasteiger partial charge on any atom is -0.478 e. The van der Waals surface area contributed by atoms with E-state index < -0.39 is 11.9 Å². The Bertz CT molecular complexity index is 394. The molecule has 0 aliphatic rings. The summed E-state index contributed by atoms with van der Waals surface area (Å²) in [6.45, 7) is 3.36. The van der Waals surface area contributed by atoms with Crippen molar-refractivity contribution in [2.45, 2.75) is 6.54 Å². The first-order chi connectivity index (χ1) is 6.50. The number of carboxylic acids is 1. The predicted octanol–water partition coefficient (Wildman–Crippen LogP) is -0.377. The Balaban J connectivity index is 2.74. The molecule has 6 nitrogen and oxygen atoms in total. The summed E-state index contributed by atoms with van der Waals surface area (Å²) in [7, 11) is 0. The first kappa shape index (κ1) is 9.97. The first-order valence-electron chi connectivity index (χ1n) is 3.75. The van der Waals surface area contributed by atoms with Crippen molar-refractivity contribution in [2.24, 2.45) is 5.73 Å². The zero-order chi connectivity index (χ0) is 10.7. The number of rotatable bonds is 4. The number of primary amides is 1. The molecule has 1 rings (SSSR count). The Morgan fingerprint density at radius 3 is 2.71 bits per heavy atom. The number of nitrogens with zero attached hydrogens (tertiary/aromatic N) is 2. The molecule has 0 atom stereocenters. The summed E-state index contributed by atoms with van der Waals surface area (Å²) in [6.07, 6.45) is 1.47. The molecule has 0 aromatic carbocycles. The predicted molar refractivity (Wildman–Crippen MR) is 47.5 cm³/mol. The Labute approximate surface area is 79.6 Å². The van der Waals surface area contributed by atoms with Gasteiger partial charge in [0.25, 0.3) is 5.91 Å². The van der Waals surface area contributed by atoms with Crippen LogP contribution < -0.4 is 5.73 Å². The number of carboxylic acid groups (broad SMARTS) is 1. The molecule has 0 saturated heterocycles. The summed E-state index contributed by atoms with van der Waals surface area (Å²) in [5, 5.41) is 12.3. The van der Waals surface area contributed by atoms with Crippen LogP contribution >= 0.6 is 0 Å². The van der Waals surface area contributed by atoms with Crippen molar-refractivity contribution >= 4 is 11.9 Å². The molecule has 0 bridgehead atoms. The Morgan fingerprint density at radius 2 is 2.29 bits per heavy atom. The second-order valence-corrected chi connectivity index (χ2v) is 2.67. The van der Waals surface area contributed by atoms with Crippen LogP contribution in [0.25, 0.3) is 0 Å². The number of nitrogens with two attached hydrogens (primary N) is 1. The van der Waals surface area contributed by atoms with Gasteiger partial charge in [0, 0.05) is 6.20 Å². The lowest BCUT2D eigenvalue weighted by Crippen LogP contribution is -2.14. The lowest BCUT2D eigenvalue weighted by Gasteiger charge is -1.99. The van der Waals surface area contributed by atoms with Gasteiger partial charge in [0.15, 0.2) is 0 Å². The van der Waals surface area contributed by atoms with Crippen molar-refractivity contribution in [1.82, 2.24) is 9.78 Å². The van der Waals surface area contributed by atoms with Crippen molar-refractivity contribution in [3.63, 3.8) is 0 Å². The van der Waals surface area contributed by atoms with Gasteiger partial charge in [-0.3, -0.25) is 9.48 Å². The van der Waals surface area contributed by atoms with Crippen LogP contribution in [0.5, 0.6) is 0 Å². The van der Waals surface area contributed by atoms with Gasteiger partial charge in [-0.05, 0) is 6.07 Å². The lowest BCUT2D eigenvalue weighted by atomic mass is 10.3. The van der Waals surface area contributed by atoms with Gasteiger partial charge >= 0.3 is 5.97 Å². The van der Waals surface area contributed by atoms with Crippen LogP contribution in [0.1, 0.15) is 10.5 Å². The minimum absolute atomic E-state index is 0.0101. The summed E-state index contributed by atoms with van der Waals surface area (Å²) >= 11 is 0. The van der Waals surface area contributed by atoms with E-state index in [1.807, 2.05) is 0 Å². The number of carbonyl (C=O) groups excluding carboxylic acids is 1. The molecule has 1 aromatic heterocycles. The number of aromatic nitrogens is 2. The topological polar surface area (TPSA) is 98.2 Å². The quantitative estimate of drug-likeness (QED) is 0.640. The fraction of sp³-hybridized carbons (Fsp3) is 0.125. The summed E-state index contributed by atoms with van der Waals surface area (Å²) in [5.74, 6) is -1.74. The fourth-order valence-electron chi connectivity index (χ4n) is 0.844. The number of hydrogen-bond donors (Lipinski definition) is 2. The third kappa shape index (κ3) is 2.19. The smallest absolute Gasteiger partial charge is 0.332 e. The number of aliphatic carboxylic acids is 1. The van der Waals surface area contributed by atoms with Crippen LogP contribution in [0.3, 0.4) is 0 Å². The normalized spacial score (nSPS) is 9.71. The first-order valence-corrected chi connectivity index (χ1v) is 3.75. The maximum Gasteiger partial charge on any atom is 0.332 e. The van der Waals surface area contributed by atoms with E-state index in [2.05, 4.69) is 11.7 Å². The van der Waals surface area contributed by atoms with E-state index in [1.165, 1.54) is 16.9 Å². The van der Waals surface area contributed by atoms with E-state index in [0.717, 1.165) is 0 Å². The largest absolute Gasteiger partial charge is 0.478 e. The molecule has 0 aliphatic heterocycles. The average Bonchev–Trinajstić information content (AvgIpc) is 2.52. The number of carbonyl (C=O) groups is 2. The molecule has 1 aromatic rings. The highest BCUT2D eigenvalue weighted by Gasteiger charge is 2.08. The van der Waals surface area contributed by atoms with E-state index in [9.17, 15) is 9.59 Å². The maximum atomic E-state index is 10.6. The van der Waals surface area contributed by atoms with Crippen LogP contribution in [-0.2, 0) is 11.3 Å². The summed E-state index contributed by atoms with van der Waals surface area (Å²) in [6, 6.07) is 1.41. The van der Waals surface area contributed by atoms with Crippen LogP contribution in [0.15, 0.2) is 24.4 Å². The van der Waals surface area contributed by atoms with Crippen LogP contribution in [0.2, 0.25) is 0 Å². The molecule has 0 unspecified atom stereocenters. The van der Waals surface area contributed by atoms with E-state index in [1.54, 1.807) is 0 Å².